The van der Waals surface area contributed by atoms with E-state index in [0.29, 0.717) is 147 Å². The molecule has 13 rings (SSSR count). The third-order valence-electron chi connectivity index (χ3n) is 23.4. The number of nitrogens with one attached hydrogen (secondary N) is 10. The van der Waals surface area contributed by atoms with E-state index in [-0.39, 0.29) is 158 Å². The molecule has 1 aromatic heterocycles. The number of unbranched alkanes of at least 4 members (excludes halogenated alkanes) is 1. The summed E-state index contributed by atoms with van der Waals surface area (Å²) in [5, 5.41) is 33.5. The Labute approximate surface area is 875 Å². The zero-order valence-electron chi connectivity index (χ0n) is 82.4. The van der Waals surface area contributed by atoms with Crippen LogP contribution in [0.5, 0.6) is 0 Å². The summed E-state index contributed by atoms with van der Waals surface area (Å²) >= 11 is 19.3. The quantitative estimate of drug-likeness (QED) is 0.0124. The summed E-state index contributed by atoms with van der Waals surface area (Å²) in [6, 6.07) is 2.89. The van der Waals surface area contributed by atoms with Gasteiger partial charge in [0.05, 0.1) is 86.1 Å². The van der Waals surface area contributed by atoms with E-state index in [0.717, 1.165) is 22.1 Å². The molecule has 0 saturated heterocycles. The molecular weight excluding hydrogens is 2000 g/mol. The number of benzene rings is 1. The highest BCUT2D eigenvalue weighted by Gasteiger charge is 2.47. The molecule has 10 amide bonds. The van der Waals surface area contributed by atoms with Gasteiger partial charge in [0.15, 0.2) is 0 Å². The lowest BCUT2D eigenvalue weighted by Gasteiger charge is -2.27. The molecule has 12 heterocycles. The van der Waals surface area contributed by atoms with E-state index < -0.39 is 95.1 Å². The van der Waals surface area contributed by atoms with Crippen molar-refractivity contribution < 1.29 is 90.9 Å². The molecule has 46 heteroatoms. The predicted molar refractivity (Wildman–Crippen MR) is 574 cm³/mol. The number of thioether (sulfide) groups is 4. The van der Waals surface area contributed by atoms with E-state index in [1.165, 1.54) is 58.4 Å². The first-order valence-corrected chi connectivity index (χ1v) is 54.5. The maximum absolute atomic E-state index is 13.3. The summed E-state index contributed by atoms with van der Waals surface area (Å²) in [6.45, 7) is 21.2. The number of cyclic esters (lactones) is 4. The third-order valence-corrected chi connectivity index (χ3v) is 30.1. The zero-order valence-corrected chi connectivity index (χ0v) is 89.2. The number of aliphatic imine (C=N–C) groups is 7. The van der Waals surface area contributed by atoms with Crippen molar-refractivity contribution in [3.63, 3.8) is 0 Å². The highest BCUT2D eigenvalue weighted by Crippen LogP contribution is 2.38. The largest absolute Gasteiger partial charge is 0.456 e. The topological polar surface area (TPSA) is 539 Å². The number of esters is 4. The molecule has 11 aliphatic rings. The Morgan fingerprint density at radius 3 is 1.28 bits per heavy atom. The molecule has 12 N–H and O–H groups in total. The fourth-order valence-electron chi connectivity index (χ4n) is 14.9. The van der Waals surface area contributed by atoms with Gasteiger partial charge in [-0.15, -0.1) is 58.4 Å². The van der Waals surface area contributed by atoms with Crippen LogP contribution in [0.25, 0.3) is 0 Å². The van der Waals surface area contributed by atoms with E-state index in [1.54, 1.807) is 87.6 Å². The van der Waals surface area contributed by atoms with E-state index in [4.69, 9.17) is 24.7 Å². The molecule has 0 fully saturated rings. The van der Waals surface area contributed by atoms with Crippen LogP contribution in [0.3, 0.4) is 0 Å². The van der Waals surface area contributed by atoms with Gasteiger partial charge >= 0.3 is 23.9 Å². The van der Waals surface area contributed by atoms with Gasteiger partial charge in [-0.25, -0.2) is 24.2 Å². The van der Waals surface area contributed by atoms with Gasteiger partial charge in [0, 0.05) is 89.9 Å². The molecule has 0 aliphatic carbocycles. The highest BCUT2D eigenvalue weighted by molar-refractivity contribution is 8.15. The standard InChI is InChI=1S/C30H38N6O5S.C24H33N5O5S2.C24H32N4O5S2.C20H26N4O4S3/c1-18(2)26-28(39)41-20(9-5-4-6-12-24(37)34-22-11-8-7-10-21(22)31)15-25(38)32-16-19-13-14-23(33-19)27-36-30(3,17-42-27)29(40)35-26;1-14(2)20-22(32)34-16(6-4-5-9-25-19(31)12-35)10-18(30)26-11-15-7-8-17(27-15)21-29-24(3,13-36-21)23(33)28-20;1-14(2)20-22(31)33-17(7-5-4-6-16(29)12-34)10-19(30)25-11-15-8-9-18(26-15)21-28-24(3,13-35-21)23(32)27-20;1-11(2)17-20(27)28-12(5-3-4-6-29)7-15(25)21-8-16-22-14(10-30-16)19-23-13(9-31-19)18(26)24-17/h5,7-11,14,18,20,26H,4,6,12-13,15-17,31H2,1-3H3,(H,32,38)(H,34,37)(H,35,40);4,6,8,14,16,20,35H,5,7,9-13H2,1-3H3,(H,25,31)(H,26,30)(H,28,33);5,7,9,14,17,20,34H,4,6,8,10-13H2,1-3H3,(H,25,30)(H,27,32);3,5,10-13,17,29H,4,6-9H2,1-2H3,(H,21,25)(H,24,26)/b9-5+;6-4+;7-5+;5-3+/t20-,26+,30+;16-,20+,24+;17-,20+,24+;12-,13+,17+/m1111/s1. The van der Waals surface area contributed by atoms with Crippen molar-refractivity contribution in [2.45, 2.75) is 244 Å². The Hall–Kier alpha value is -10.8. The number of carbonyl (C=O) groups excluding carboxylic acids is 15. The molecule has 0 unspecified atom stereocenters. The van der Waals surface area contributed by atoms with E-state index in [2.05, 4.69) is 131 Å². The van der Waals surface area contributed by atoms with E-state index in [1.807, 2.05) is 85.1 Å². The molecule has 0 radical (unpaired) electrons. The lowest BCUT2D eigenvalue weighted by atomic mass is 10.0. The van der Waals surface area contributed by atoms with Crippen LogP contribution >= 0.6 is 96.3 Å². The van der Waals surface area contributed by atoms with Gasteiger partial charge in [-0.05, 0) is 119 Å². The van der Waals surface area contributed by atoms with Crippen molar-refractivity contribution in [3.05, 3.63) is 124 Å². The first-order valence-electron chi connectivity index (χ1n) is 47.8. The maximum atomic E-state index is 13.3. The van der Waals surface area contributed by atoms with Gasteiger partial charge in [-0.3, -0.25) is 87.7 Å². The van der Waals surface area contributed by atoms with Crippen molar-refractivity contribution in [1.82, 2.24) is 52.8 Å². The SMILES string of the molecule is CC(C)[C@@H]1NC(=O)[C@@H]2CSC(=N2)c2csc(n2)CNC(=O)C[C@@H](/C=C/CCS)OC1=O.CC(C)[C@@H]1NC(=O)[C@]2(C)CSC(=N2)C2=CCC(=N2)CNC(=O)C[C@@H](/C=C/CCC(=O)CS)OC1=O.CC(C)[C@@H]1NC(=O)[C@]2(C)CSC(=N2)C2=CCC(=N2)CNC(=O)C[C@@H](/C=C/CCCC(=O)Nc2ccccc2N)OC1=O.CC(C)[C@@H]1NC(=O)[C@]2(C)CSC(=N2)C2=CCC(=N2)CNC(=O)C[C@@H](/C=C/CCNC(=O)CS)OC1=O. The number of nitrogen functional groups attached to an aromatic ring is 1. The number of amides is 10. The highest BCUT2D eigenvalue weighted by atomic mass is 32.2. The molecule has 12 atom stereocenters. The first kappa shape index (κ1) is 115. The number of nitrogens with zero attached hydrogens (tertiary/aromatic N) is 8. The van der Waals surface area contributed by atoms with E-state index >= 15 is 0 Å². The van der Waals surface area contributed by atoms with Crippen LogP contribution in [0.4, 0.5) is 11.4 Å². The van der Waals surface area contributed by atoms with Crippen molar-refractivity contribution in [2.75, 3.05) is 77.5 Å². The van der Waals surface area contributed by atoms with Crippen LogP contribution in [0.1, 0.15) is 177 Å². The van der Waals surface area contributed by atoms with Crippen molar-refractivity contribution in [1.29, 1.82) is 0 Å². The number of aromatic nitrogens is 1. The molecule has 0 saturated carbocycles. The third kappa shape index (κ3) is 35.0. The lowest BCUT2D eigenvalue weighted by molar-refractivity contribution is -0.154. The second-order valence-corrected chi connectivity index (χ2v) is 43.1. The molecule has 0 spiro atoms. The van der Waals surface area contributed by atoms with Crippen LogP contribution in [0, 0.1) is 23.7 Å². The number of rotatable bonds is 23. The summed E-state index contributed by atoms with van der Waals surface area (Å²) in [4.78, 5) is 227. The summed E-state index contributed by atoms with van der Waals surface area (Å²) < 4.78 is 22.7. The average Bonchev–Trinajstić information content (AvgIpc) is 1.75. The maximum Gasteiger partial charge on any atom is 0.329 e. The molecule has 1 aromatic carbocycles. The van der Waals surface area contributed by atoms with Crippen LogP contribution in [-0.4, -0.2) is 269 Å². The second-order valence-electron chi connectivity index (χ2n) is 37.2. The predicted octanol–water partition coefficient (Wildman–Crippen LogP) is 8.30. The minimum atomic E-state index is -1.05. The fraction of sp³-hybridized carbons (Fsp3) is 0.541. The average molecular weight is 2130 g/mol. The van der Waals surface area contributed by atoms with Crippen molar-refractivity contribution in [2.24, 2.45) is 58.6 Å². The van der Waals surface area contributed by atoms with Gasteiger partial charge in [-0.1, -0.05) is 110 Å². The number of hydrogen-bond acceptors (Lipinski definition) is 36. The Kier molecular flexibility index (Phi) is 44.5. The van der Waals surface area contributed by atoms with Gasteiger partial charge in [0.2, 0.25) is 59.1 Å². The number of ether oxygens (including phenoxy) is 4. The fourth-order valence-corrected chi connectivity index (χ4v) is 20.6. The normalized spacial score (nSPS) is 26.3. The molecule has 2 aromatic rings. The number of ketones is 1. The van der Waals surface area contributed by atoms with Gasteiger partial charge in [0.25, 0.3) is 0 Å². The van der Waals surface area contributed by atoms with Crippen LogP contribution in [0.2, 0.25) is 0 Å². The van der Waals surface area contributed by atoms with Crippen LogP contribution in [-0.2, 0) is 97.4 Å². The number of Topliss-reactive ketones (excluding diaryl/α,β-unsaturated/α-hetero) is 1. The summed E-state index contributed by atoms with van der Waals surface area (Å²) in [7, 11) is 0. The zero-order chi connectivity index (χ0) is 105. The van der Waals surface area contributed by atoms with Gasteiger partial charge in [0.1, 0.15) is 108 Å². The van der Waals surface area contributed by atoms with Crippen LogP contribution < -0.4 is 58.9 Å². The number of anilines is 2. The Morgan fingerprint density at radius 1 is 0.486 bits per heavy atom. The molecule has 38 nitrogen and oxygen atoms in total. The number of nitrogens with two attached hydrogens (primary N) is 1. The molecule has 778 valence electrons. The summed E-state index contributed by atoms with van der Waals surface area (Å²) in [6.07, 6.45) is 21.0. The lowest BCUT2D eigenvalue weighted by Crippen LogP contribution is -2.53. The Balaban J connectivity index is 0.000000198. The Morgan fingerprint density at radius 2 is 0.882 bits per heavy atom. The molecule has 144 heavy (non-hydrogen) atoms. The monoisotopic (exact) mass is 2130 g/mol. The number of fused-ring (bicyclic) bond motifs is 13. The second kappa shape index (κ2) is 55.7. The number of thiazole rings is 1. The number of para-hydroxylation sites is 2. The first-order chi connectivity index (χ1) is 68.6. The minimum absolute atomic E-state index is 0.00278. The summed E-state index contributed by atoms with van der Waals surface area (Å²) in [5.41, 5.74) is 9.01. The van der Waals surface area contributed by atoms with Crippen LogP contribution in [0.15, 0.2) is 149 Å². The van der Waals surface area contributed by atoms with E-state index in [9.17, 15) is 71.9 Å². The summed E-state index contributed by atoms with van der Waals surface area (Å²) in [5.74, 6) is -3.61. The molecule has 16 bridgehead atoms. The minimum Gasteiger partial charge on any atom is -0.456 e. The molecule has 11 aliphatic heterocycles. The number of allylic oxidation sites excluding steroid dienone is 6. The number of thiol groups is 3. The number of hydrogen-bond donors (Lipinski definition) is 14. The van der Waals surface area contributed by atoms with Crippen molar-refractivity contribution >= 4 is 234 Å². The van der Waals surface area contributed by atoms with Gasteiger partial charge in [-0.2, -0.15) is 37.9 Å². The van der Waals surface area contributed by atoms with Gasteiger partial charge < -0.3 is 77.8 Å². The Bertz CT molecular complexity index is 5580. The van der Waals surface area contributed by atoms with Crippen molar-refractivity contribution in [3.8, 4) is 0 Å². The smallest absolute Gasteiger partial charge is 0.329 e. The number of carbonyl (C=O) groups is 15. The molecular formula is C98H129N19O19S8.